The van der Waals surface area contributed by atoms with Crippen molar-refractivity contribution >= 4 is 23.2 Å². The molecule has 198 valence electrons. The number of carbonyl (C=O) groups excluding carboxylic acids is 2. The van der Waals surface area contributed by atoms with Crippen molar-refractivity contribution in [2.75, 3.05) is 49.9 Å². The van der Waals surface area contributed by atoms with E-state index in [1.807, 2.05) is 0 Å². The molecule has 3 fully saturated rings. The number of hydrogen-bond acceptors (Lipinski definition) is 4. The SMILES string of the molecule is O=C(CN1CCCC1)Nc1ccc(C(c2ccc(NC(=O)CN3CCCC3)cc2)C2CCCCC2)cc1. The summed E-state index contributed by atoms with van der Waals surface area (Å²) in [5, 5.41) is 6.16. The molecule has 5 rings (SSSR count). The van der Waals surface area contributed by atoms with E-state index in [2.05, 4.69) is 69.0 Å². The second-order valence-electron chi connectivity index (χ2n) is 11.2. The average molecular weight is 503 g/mol. The Morgan fingerprint density at radius 1 is 0.622 bits per heavy atom. The molecule has 0 spiro atoms. The number of likely N-dealkylation sites (tertiary alicyclic amines) is 2. The van der Waals surface area contributed by atoms with Crippen LogP contribution in [0, 0.1) is 5.92 Å². The maximum Gasteiger partial charge on any atom is 0.238 e. The van der Waals surface area contributed by atoms with Gasteiger partial charge < -0.3 is 10.6 Å². The first-order chi connectivity index (χ1) is 18.1. The Hall–Kier alpha value is -2.70. The van der Waals surface area contributed by atoms with Crippen LogP contribution in [0.4, 0.5) is 11.4 Å². The Kier molecular flexibility index (Phi) is 8.90. The first-order valence-electron chi connectivity index (χ1n) is 14.4. The van der Waals surface area contributed by atoms with Crippen molar-refractivity contribution in [2.45, 2.75) is 63.7 Å². The summed E-state index contributed by atoms with van der Waals surface area (Å²) in [5.41, 5.74) is 4.34. The van der Waals surface area contributed by atoms with Crippen LogP contribution in [0.2, 0.25) is 0 Å². The van der Waals surface area contributed by atoms with Gasteiger partial charge in [-0.25, -0.2) is 0 Å². The number of nitrogens with zero attached hydrogens (tertiary/aromatic N) is 2. The Balaban J connectivity index is 1.25. The lowest BCUT2D eigenvalue weighted by Gasteiger charge is -2.31. The first kappa shape index (κ1) is 25.9. The van der Waals surface area contributed by atoms with Crippen LogP contribution in [0.15, 0.2) is 48.5 Å². The van der Waals surface area contributed by atoms with Crippen molar-refractivity contribution in [3.8, 4) is 0 Å². The molecule has 6 nitrogen and oxygen atoms in total. The molecule has 3 aliphatic rings. The second kappa shape index (κ2) is 12.7. The monoisotopic (exact) mass is 502 g/mol. The summed E-state index contributed by atoms with van der Waals surface area (Å²) in [7, 11) is 0. The Morgan fingerprint density at radius 2 is 1.03 bits per heavy atom. The van der Waals surface area contributed by atoms with Crippen molar-refractivity contribution in [2.24, 2.45) is 5.92 Å². The highest BCUT2D eigenvalue weighted by atomic mass is 16.2. The molecular formula is C31H42N4O2. The number of carbonyl (C=O) groups is 2. The molecule has 6 heteroatoms. The van der Waals surface area contributed by atoms with Crippen LogP contribution in [-0.4, -0.2) is 60.9 Å². The maximum absolute atomic E-state index is 12.5. The van der Waals surface area contributed by atoms with Gasteiger partial charge >= 0.3 is 0 Å². The molecule has 2 saturated heterocycles. The number of rotatable bonds is 9. The van der Waals surface area contributed by atoms with E-state index in [0.29, 0.717) is 24.9 Å². The molecule has 0 atom stereocenters. The van der Waals surface area contributed by atoms with Gasteiger partial charge in [-0.05, 0) is 106 Å². The minimum absolute atomic E-state index is 0.0702. The van der Waals surface area contributed by atoms with E-state index in [1.54, 1.807) is 0 Å². The molecule has 2 heterocycles. The zero-order chi connectivity index (χ0) is 25.5. The molecule has 0 aromatic heterocycles. The Morgan fingerprint density at radius 3 is 1.43 bits per heavy atom. The number of benzene rings is 2. The van der Waals surface area contributed by atoms with Crippen molar-refractivity contribution in [3.05, 3.63) is 59.7 Å². The molecule has 2 aliphatic heterocycles. The summed E-state index contributed by atoms with van der Waals surface area (Å²) >= 11 is 0. The fraction of sp³-hybridized carbons (Fsp3) is 0.548. The fourth-order valence-corrected chi connectivity index (χ4v) is 6.44. The summed E-state index contributed by atoms with van der Waals surface area (Å²) in [6.07, 6.45) is 11.2. The maximum atomic E-state index is 12.5. The number of amides is 2. The molecule has 2 aromatic rings. The van der Waals surface area contributed by atoms with E-state index in [0.717, 1.165) is 37.6 Å². The third-order valence-corrected chi connectivity index (χ3v) is 8.36. The molecular weight excluding hydrogens is 460 g/mol. The van der Waals surface area contributed by atoms with E-state index in [4.69, 9.17) is 0 Å². The quantitative estimate of drug-likeness (QED) is 0.477. The lowest BCUT2D eigenvalue weighted by atomic mass is 9.73. The largest absolute Gasteiger partial charge is 0.325 e. The van der Waals surface area contributed by atoms with E-state index in [-0.39, 0.29) is 11.8 Å². The van der Waals surface area contributed by atoms with E-state index >= 15 is 0 Å². The topological polar surface area (TPSA) is 64.7 Å². The molecule has 0 unspecified atom stereocenters. The van der Waals surface area contributed by atoms with E-state index in [1.165, 1.54) is 68.9 Å². The van der Waals surface area contributed by atoms with Gasteiger partial charge in [0.1, 0.15) is 0 Å². The lowest BCUT2D eigenvalue weighted by Crippen LogP contribution is -2.30. The van der Waals surface area contributed by atoms with Crippen molar-refractivity contribution in [1.29, 1.82) is 0 Å². The first-order valence-corrected chi connectivity index (χ1v) is 14.4. The number of anilines is 2. The van der Waals surface area contributed by atoms with E-state index in [9.17, 15) is 9.59 Å². The van der Waals surface area contributed by atoms with Crippen LogP contribution >= 0.6 is 0 Å². The average Bonchev–Trinajstić information content (AvgIpc) is 3.61. The van der Waals surface area contributed by atoms with Gasteiger partial charge in [0, 0.05) is 17.3 Å². The van der Waals surface area contributed by atoms with Crippen molar-refractivity contribution in [3.63, 3.8) is 0 Å². The highest BCUT2D eigenvalue weighted by Gasteiger charge is 2.27. The van der Waals surface area contributed by atoms with Crippen LogP contribution in [-0.2, 0) is 9.59 Å². The van der Waals surface area contributed by atoms with Crippen LogP contribution in [0.3, 0.4) is 0 Å². The van der Waals surface area contributed by atoms with Gasteiger partial charge in [-0.15, -0.1) is 0 Å². The molecule has 2 amide bonds. The minimum Gasteiger partial charge on any atom is -0.325 e. The predicted molar refractivity (Wildman–Crippen MR) is 150 cm³/mol. The van der Waals surface area contributed by atoms with Gasteiger partial charge in [-0.3, -0.25) is 19.4 Å². The standard InChI is InChI=1S/C31H42N4O2/c36-29(22-34-18-4-5-19-34)32-27-14-10-25(11-15-27)31(24-8-2-1-3-9-24)26-12-16-28(17-13-26)33-30(37)23-35-20-6-7-21-35/h10-17,24,31H,1-9,18-23H2,(H,32,36)(H,33,37). The Labute approximate surface area is 221 Å². The van der Waals surface area contributed by atoms with Gasteiger partial charge in [0.15, 0.2) is 0 Å². The van der Waals surface area contributed by atoms with Crippen LogP contribution in [0.25, 0.3) is 0 Å². The number of nitrogens with one attached hydrogen (secondary N) is 2. The molecule has 2 N–H and O–H groups in total. The summed E-state index contributed by atoms with van der Waals surface area (Å²) in [4.78, 5) is 29.4. The minimum atomic E-state index is 0.0702. The zero-order valence-corrected chi connectivity index (χ0v) is 22.1. The summed E-state index contributed by atoms with van der Waals surface area (Å²) in [6.45, 7) is 5.06. The molecule has 1 saturated carbocycles. The highest BCUT2D eigenvalue weighted by Crippen LogP contribution is 2.41. The van der Waals surface area contributed by atoms with Gasteiger partial charge in [-0.1, -0.05) is 43.5 Å². The summed E-state index contributed by atoms with van der Waals surface area (Å²) < 4.78 is 0. The zero-order valence-electron chi connectivity index (χ0n) is 22.1. The molecule has 37 heavy (non-hydrogen) atoms. The van der Waals surface area contributed by atoms with Crippen molar-refractivity contribution < 1.29 is 9.59 Å². The van der Waals surface area contributed by atoms with Crippen LogP contribution in [0.1, 0.15) is 74.8 Å². The normalized spacial score (nSPS) is 19.4. The smallest absolute Gasteiger partial charge is 0.238 e. The van der Waals surface area contributed by atoms with Gasteiger partial charge in [0.2, 0.25) is 11.8 Å². The van der Waals surface area contributed by atoms with Gasteiger partial charge in [0.25, 0.3) is 0 Å². The lowest BCUT2D eigenvalue weighted by molar-refractivity contribution is -0.117. The second-order valence-corrected chi connectivity index (χ2v) is 11.2. The highest BCUT2D eigenvalue weighted by molar-refractivity contribution is 5.92. The van der Waals surface area contributed by atoms with Crippen LogP contribution in [0.5, 0.6) is 0 Å². The third-order valence-electron chi connectivity index (χ3n) is 8.36. The van der Waals surface area contributed by atoms with Gasteiger partial charge in [0.05, 0.1) is 13.1 Å². The van der Waals surface area contributed by atoms with E-state index < -0.39 is 0 Å². The van der Waals surface area contributed by atoms with Crippen LogP contribution < -0.4 is 10.6 Å². The summed E-state index contributed by atoms with van der Waals surface area (Å²) in [5.74, 6) is 1.07. The fourth-order valence-electron chi connectivity index (χ4n) is 6.44. The Bertz CT molecular complexity index is 943. The van der Waals surface area contributed by atoms with Crippen molar-refractivity contribution in [1.82, 2.24) is 9.80 Å². The number of hydrogen-bond donors (Lipinski definition) is 2. The molecule has 0 radical (unpaired) electrons. The molecule has 0 bridgehead atoms. The predicted octanol–water partition coefficient (Wildman–Crippen LogP) is 5.47. The van der Waals surface area contributed by atoms with Gasteiger partial charge in [-0.2, -0.15) is 0 Å². The molecule has 2 aromatic carbocycles. The third kappa shape index (κ3) is 7.20. The summed E-state index contributed by atoms with van der Waals surface area (Å²) in [6, 6.07) is 17.0. The molecule has 1 aliphatic carbocycles.